The molecule has 8 heteroatoms. The van der Waals surface area contributed by atoms with Crippen molar-refractivity contribution in [3.05, 3.63) is 54.1 Å². The van der Waals surface area contributed by atoms with Crippen molar-refractivity contribution in [2.75, 3.05) is 47.9 Å². The first-order valence-electron chi connectivity index (χ1n) is 11.3. The first-order chi connectivity index (χ1) is 15.2. The summed E-state index contributed by atoms with van der Waals surface area (Å²) in [4.78, 5) is 16.0. The van der Waals surface area contributed by atoms with Crippen LogP contribution in [0.4, 0.5) is 11.4 Å². The Morgan fingerprint density at radius 1 is 0.818 bits per heavy atom. The Morgan fingerprint density at radius 2 is 1.39 bits per heavy atom. The molecule has 3 rings (SSSR count). The van der Waals surface area contributed by atoms with Gasteiger partial charge in [-0.2, -0.15) is 0 Å². The molecular formula is C25H35BrCl2N2O3. The number of alkyl halides is 1. The fourth-order valence-electron chi connectivity index (χ4n) is 3.98. The number of halogens is 3. The van der Waals surface area contributed by atoms with Crippen LogP contribution in [0.2, 0.25) is 0 Å². The Bertz CT molecular complexity index is 816. The Balaban J connectivity index is 0.00000272. The summed E-state index contributed by atoms with van der Waals surface area (Å²) in [5.41, 5.74) is 2.36. The topological polar surface area (TPSA) is 53.0 Å². The van der Waals surface area contributed by atoms with Crippen LogP contribution in [0.25, 0.3) is 0 Å². The molecule has 0 aromatic heterocycles. The molecule has 0 aliphatic carbocycles. The standard InChI is InChI=1S/C25H33BrN2O3.2ClH/c26-15-7-3-1-2-4-8-20-31-22-13-11-21(12-14-22)27-16-18-28(19-17-27)24-10-6-5-9-23(24)25(29)30;;/h5-6,9-14H,1-4,7-8,15-20H2,(H,29,30);2*1H. The van der Waals surface area contributed by atoms with Crippen LogP contribution in [0.3, 0.4) is 0 Å². The summed E-state index contributed by atoms with van der Waals surface area (Å²) >= 11 is 3.47. The van der Waals surface area contributed by atoms with Crippen molar-refractivity contribution < 1.29 is 14.6 Å². The van der Waals surface area contributed by atoms with Crippen molar-refractivity contribution in [1.29, 1.82) is 0 Å². The van der Waals surface area contributed by atoms with Crippen LogP contribution in [0.1, 0.15) is 48.9 Å². The van der Waals surface area contributed by atoms with Crippen molar-refractivity contribution in [2.45, 2.75) is 38.5 Å². The van der Waals surface area contributed by atoms with Gasteiger partial charge in [0.1, 0.15) is 5.75 Å². The minimum absolute atomic E-state index is 0. The largest absolute Gasteiger partial charge is 0.494 e. The smallest absolute Gasteiger partial charge is 0.337 e. The summed E-state index contributed by atoms with van der Waals surface area (Å²) in [5, 5.41) is 10.5. The van der Waals surface area contributed by atoms with Crippen molar-refractivity contribution in [3.8, 4) is 5.75 Å². The zero-order valence-electron chi connectivity index (χ0n) is 19.0. The number of piperazine rings is 1. The molecule has 0 bridgehead atoms. The Kier molecular flexibility index (Phi) is 14.3. The highest BCUT2D eigenvalue weighted by atomic mass is 79.9. The zero-order chi connectivity index (χ0) is 21.9. The number of rotatable bonds is 12. The first kappa shape index (κ1) is 29.4. The number of unbranched alkanes of at least 4 members (excludes halogenated alkanes) is 5. The van der Waals surface area contributed by atoms with E-state index in [1.54, 1.807) is 12.1 Å². The third-order valence-corrected chi connectivity index (χ3v) is 6.31. The van der Waals surface area contributed by atoms with Gasteiger partial charge in [0.2, 0.25) is 0 Å². The number of hydrogen-bond donors (Lipinski definition) is 1. The SMILES string of the molecule is Cl.Cl.O=C(O)c1ccccc1N1CCN(c2ccc(OCCCCCCCCBr)cc2)CC1. The molecule has 5 nitrogen and oxygen atoms in total. The lowest BCUT2D eigenvalue weighted by Gasteiger charge is -2.37. The molecule has 0 atom stereocenters. The van der Waals surface area contributed by atoms with Gasteiger partial charge in [0, 0.05) is 37.2 Å². The second kappa shape index (κ2) is 16.1. The molecule has 0 unspecified atom stereocenters. The number of ether oxygens (including phenoxy) is 1. The summed E-state index contributed by atoms with van der Waals surface area (Å²) in [6.45, 7) is 4.11. The molecule has 184 valence electrons. The maximum Gasteiger partial charge on any atom is 0.337 e. The normalized spacial score (nSPS) is 13.1. The summed E-state index contributed by atoms with van der Waals surface area (Å²) in [5.74, 6) is 0.0559. The highest BCUT2D eigenvalue weighted by Gasteiger charge is 2.21. The van der Waals surface area contributed by atoms with E-state index in [1.807, 2.05) is 12.1 Å². The number of anilines is 2. The lowest BCUT2D eigenvalue weighted by atomic mass is 10.1. The Hall–Kier alpha value is -1.63. The molecule has 1 N–H and O–H groups in total. The zero-order valence-corrected chi connectivity index (χ0v) is 22.2. The average molecular weight is 562 g/mol. The van der Waals surface area contributed by atoms with Crippen LogP contribution < -0.4 is 14.5 Å². The van der Waals surface area contributed by atoms with Gasteiger partial charge < -0.3 is 19.6 Å². The maximum absolute atomic E-state index is 11.5. The van der Waals surface area contributed by atoms with Gasteiger partial charge in [0.05, 0.1) is 17.9 Å². The van der Waals surface area contributed by atoms with Gasteiger partial charge in [-0.1, -0.05) is 53.7 Å². The number of carboxylic acid groups (broad SMARTS) is 1. The van der Waals surface area contributed by atoms with E-state index in [0.29, 0.717) is 5.56 Å². The lowest BCUT2D eigenvalue weighted by molar-refractivity contribution is 0.0697. The fraction of sp³-hybridized carbons (Fsp3) is 0.480. The van der Waals surface area contributed by atoms with Crippen molar-refractivity contribution in [1.82, 2.24) is 0 Å². The van der Waals surface area contributed by atoms with Crippen LogP contribution >= 0.6 is 40.7 Å². The number of nitrogens with zero attached hydrogens (tertiary/aromatic N) is 2. The molecule has 0 amide bonds. The minimum atomic E-state index is -0.872. The van der Waals surface area contributed by atoms with E-state index in [9.17, 15) is 9.90 Å². The van der Waals surface area contributed by atoms with Gasteiger partial charge in [-0.05, 0) is 49.2 Å². The van der Waals surface area contributed by atoms with Gasteiger partial charge in [-0.25, -0.2) is 4.79 Å². The monoisotopic (exact) mass is 560 g/mol. The van der Waals surface area contributed by atoms with E-state index in [0.717, 1.165) is 56.0 Å². The summed E-state index contributed by atoms with van der Waals surface area (Å²) < 4.78 is 5.90. The molecular weight excluding hydrogens is 527 g/mol. The molecule has 1 fully saturated rings. The summed E-state index contributed by atoms with van der Waals surface area (Å²) in [7, 11) is 0. The average Bonchev–Trinajstić information content (AvgIpc) is 2.81. The molecule has 0 spiro atoms. The van der Waals surface area contributed by atoms with E-state index in [4.69, 9.17) is 4.74 Å². The van der Waals surface area contributed by atoms with E-state index in [2.05, 4.69) is 50.0 Å². The lowest BCUT2D eigenvalue weighted by Crippen LogP contribution is -2.47. The molecule has 1 aliphatic heterocycles. The van der Waals surface area contributed by atoms with Gasteiger partial charge in [0.25, 0.3) is 0 Å². The minimum Gasteiger partial charge on any atom is -0.494 e. The second-order valence-electron chi connectivity index (χ2n) is 7.95. The Labute approximate surface area is 218 Å². The van der Waals surface area contributed by atoms with Crippen molar-refractivity contribution >= 4 is 58.1 Å². The predicted octanol–water partition coefficient (Wildman–Crippen LogP) is 6.67. The van der Waals surface area contributed by atoms with Crippen molar-refractivity contribution in [2.24, 2.45) is 0 Å². The third-order valence-electron chi connectivity index (χ3n) is 5.75. The molecule has 33 heavy (non-hydrogen) atoms. The number of carbonyl (C=O) groups is 1. The fourth-order valence-corrected chi connectivity index (χ4v) is 4.38. The highest BCUT2D eigenvalue weighted by molar-refractivity contribution is 9.09. The maximum atomic E-state index is 11.5. The number of carboxylic acids is 1. The second-order valence-corrected chi connectivity index (χ2v) is 8.74. The van der Waals surface area contributed by atoms with Crippen LogP contribution in [-0.4, -0.2) is 49.2 Å². The number of benzene rings is 2. The van der Waals surface area contributed by atoms with Gasteiger partial charge in [-0.15, -0.1) is 24.8 Å². The third kappa shape index (κ3) is 9.26. The number of para-hydroxylation sites is 1. The summed E-state index contributed by atoms with van der Waals surface area (Å²) in [6, 6.07) is 15.6. The Morgan fingerprint density at radius 3 is 2.03 bits per heavy atom. The van der Waals surface area contributed by atoms with Gasteiger partial charge >= 0.3 is 5.97 Å². The number of aromatic carboxylic acids is 1. The van der Waals surface area contributed by atoms with Crippen LogP contribution in [0, 0.1) is 0 Å². The van der Waals surface area contributed by atoms with E-state index >= 15 is 0 Å². The van der Waals surface area contributed by atoms with E-state index < -0.39 is 5.97 Å². The molecule has 2 aromatic rings. The predicted molar refractivity (Wildman–Crippen MR) is 146 cm³/mol. The van der Waals surface area contributed by atoms with Crippen LogP contribution in [0.15, 0.2) is 48.5 Å². The van der Waals surface area contributed by atoms with Gasteiger partial charge in [-0.3, -0.25) is 0 Å². The van der Waals surface area contributed by atoms with Gasteiger partial charge in [0.15, 0.2) is 0 Å². The highest BCUT2D eigenvalue weighted by Crippen LogP contribution is 2.25. The van der Waals surface area contributed by atoms with E-state index in [-0.39, 0.29) is 24.8 Å². The summed E-state index contributed by atoms with van der Waals surface area (Å²) in [6.07, 6.45) is 7.53. The molecule has 1 saturated heterocycles. The molecule has 0 saturated carbocycles. The van der Waals surface area contributed by atoms with E-state index in [1.165, 1.54) is 37.8 Å². The molecule has 1 aliphatic rings. The number of hydrogen-bond acceptors (Lipinski definition) is 4. The molecule has 1 heterocycles. The van der Waals surface area contributed by atoms with Crippen molar-refractivity contribution in [3.63, 3.8) is 0 Å². The quantitative estimate of drug-likeness (QED) is 0.232. The first-order valence-corrected chi connectivity index (χ1v) is 12.4. The van der Waals surface area contributed by atoms with Crippen LogP contribution in [-0.2, 0) is 0 Å². The molecule has 2 aromatic carbocycles. The van der Waals surface area contributed by atoms with Crippen LogP contribution in [0.5, 0.6) is 5.75 Å². The molecule has 0 radical (unpaired) electrons.